The SMILES string of the molecule is COc1ccc([C@H]2SCCN2S(=O)(=O)c2ccc(C)cc2)cc1OC. The number of hydrogen-bond donors (Lipinski definition) is 0. The van der Waals surface area contributed by atoms with Gasteiger partial charge in [-0.1, -0.05) is 23.8 Å². The summed E-state index contributed by atoms with van der Waals surface area (Å²) in [5, 5.41) is -0.272. The smallest absolute Gasteiger partial charge is 0.244 e. The molecule has 0 spiro atoms. The highest BCUT2D eigenvalue weighted by molar-refractivity contribution is 8.01. The van der Waals surface area contributed by atoms with Gasteiger partial charge in [0.25, 0.3) is 0 Å². The molecular formula is C18H21NO4S2. The van der Waals surface area contributed by atoms with Gasteiger partial charge in [-0.05, 0) is 36.8 Å². The molecule has 0 bridgehead atoms. The molecular weight excluding hydrogens is 358 g/mol. The molecule has 2 aromatic carbocycles. The van der Waals surface area contributed by atoms with E-state index >= 15 is 0 Å². The molecule has 25 heavy (non-hydrogen) atoms. The van der Waals surface area contributed by atoms with Crippen LogP contribution in [0, 0.1) is 6.92 Å². The monoisotopic (exact) mass is 379 g/mol. The Morgan fingerprint density at radius 3 is 2.36 bits per heavy atom. The minimum absolute atomic E-state index is 0.272. The van der Waals surface area contributed by atoms with Crippen molar-refractivity contribution in [2.45, 2.75) is 17.2 Å². The second kappa shape index (κ2) is 7.27. The molecule has 3 rings (SSSR count). The Morgan fingerprint density at radius 1 is 1.04 bits per heavy atom. The lowest BCUT2D eigenvalue weighted by atomic mass is 10.2. The van der Waals surface area contributed by atoms with E-state index in [2.05, 4.69) is 0 Å². The fraction of sp³-hybridized carbons (Fsp3) is 0.333. The van der Waals surface area contributed by atoms with Crippen molar-refractivity contribution in [3.63, 3.8) is 0 Å². The van der Waals surface area contributed by atoms with Crippen molar-refractivity contribution in [3.8, 4) is 11.5 Å². The minimum Gasteiger partial charge on any atom is -0.493 e. The first-order valence-corrected chi connectivity index (χ1v) is 10.4. The molecule has 1 fully saturated rings. The predicted octanol–water partition coefficient (Wildman–Crippen LogP) is 3.45. The highest BCUT2D eigenvalue weighted by Crippen LogP contribution is 2.43. The lowest BCUT2D eigenvalue weighted by Crippen LogP contribution is -2.30. The van der Waals surface area contributed by atoms with Gasteiger partial charge < -0.3 is 9.47 Å². The van der Waals surface area contributed by atoms with Gasteiger partial charge in [0.15, 0.2) is 11.5 Å². The summed E-state index contributed by atoms with van der Waals surface area (Å²) in [7, 11) is -0.395. The molecule has 0 unspecified atom stereocenters. The molecule has 0 radical (unpaired) electrons. The van der Waals surface area contributed by atoms with Crippen molar-refractivity contribution in [2.24, 2.45) is 0 Å². The maximum absolute atomic E-state index is 13.1. The van der Waals surface area contributed by atoms with Crippen LogP contribution in [0.5, 0.6) is 11.5 Å². The number of thioether (sulfide) groups is 1. The Morgan fingerprint density at radius 2 is 1.72 bits per heavy atom. The molecule has 1 aliphatic rings. The maximum atomic E-state index is 13.1. The standard InChI is InChI=1S/C18H21NO4S2/c1-13-4-7-15(8-5-13)25(20,21)19-10-11-24-18(19)14-6-9-16(22-2)17(12-14)23-3/h4-9,12,18H,10-11H2,1-3H3/t18-/m1/s1. The van der Waals surface area contributed by atoms with Crippen LogP contribution in [-0.2, 0) is 10.0 Å². The van der Waals surface area contributed by atoms with Gasteiger partial charge in [-0.3, -0.25) is 0 Å². The molecule has 0 aromatic heterocycles. The third-order valence-corrected chi connectivity index (χ3v) is 7.44. The lowest BCUT2D eigenvalue weighted by Gasteiger charge is -2.24. The van der Waals surface area contributed by atoms with Crippen LogP contribution < -0.4 is 9.47 Å². The van der Waals surface area contributed by atoms with Crippen LogP contribution in [0.1, 0.15) is 16.5 Å². The summed E-state index contributed by atoms with van der Waals surface area (Å²) < 4.78 is 38.3. The van der Waals surface area contributed by atoms with E-state index in [9.17, 15) is 8.42 Å². The zero-order valence-electron chi connectivity index (χ0n) is 14.4. The number of methoxy groups -OCH3 is 2. The Hall–Kier alpha value is -1.70. The van der Waals surface area contributed by atoms with Crippen molar-refractivity contribution in [2.75, 3.05) is 26.5 Å². The number of sulfonamides is 1. The lowest BCUT2D eigenvalue weighted by molar-refractivity contribution is 0.353. The largest absolute Gasteiger partial charge is 0.493 e. The van der Waals surface area contributed by atoms with E-state index in [4.69, 9.17) is 9.47 Å². The van der Waals surface area contributed by atoms with Crippen LogP contribution >= 0.6 is 11.8 Å². The van der Waals surface area contributed by atoms with Crippen LogP contribution in [0.4, 0.5) is 0 Å². The number of benzene rings is 2. The van der Waals surface area contributed by atoms with Gasteiger partial charge in [0.1, 0.15) is 0 Å². The summed E-state index contributed by atoms with van der Waals surface area (Å²) in [6, 6.07) is 12.5. The third kappa shape index (κ3) is 3.49. The normalized spacial score (nSPS) is 18.3. The average Bonchev–Trinajstić information content (AvgIpc) is 3.12. The highest BCUT2D eigenvalue weighted by Gasteiger charge is 2.37. The Kier molecular flexibility index (Phi) is 5.27. The molecule has 0 amide bonds. The van der Waals surface area contributed by atoms with Gasteiger partial charge in [0.05, 0.1) is 24.5 Å². The first kappa shape index (κ1) is 18.1. The number of hydrogen-bond acceptors (Lipinski definition) is 5. The van der Waals surface area contributed by atoms with Crippen molar-refractivity contribution >= 4 is 21.8 Å². The summed E-state index contributed by atoms with van der Waals surface area (Å²) in [6.45, 7) is 2.43. The summed E-state index contributed by atoms with van der Waals surface area (Å²) in [5.74, 6) is 1.98. The fourth-order valence-electron chi connectivity index (χ4n) is 2.82. The summed E-state index contributed by atoms with van der Waals surface area (Å²) in [5.41, 5.74) is 1.92. The van der Waals surface area contributed by atoms with Gasteiger partial charge >= 0.3 is 0 Å². The average molecular weight is 380 g/mol. The summed E-state index contributed by atoms with van der Waals surface area (Å²) in [6.07, 6.45) is 0. The van der Waals surface area contributed by atoms with E-state index in [1.165, 1.54) is 0 Å². The number of ether oxygens (including phenoxy) is 2. The molecule has 0 aliphatic carbocycles. The van der Waals surface area contributed by atoms with E-state index < -0.39 is 10.0 Å². The van der Waals surface area contributed by atoms with Crippen molar-refractivity contribution < 1.29 is 17.9 Å². The molecule has 7 heteroatoms. The quantitative estimate of drug-likeness (QED) is 0.796. The van der Waals surface area contributed by atoms with Crippen LogP contribution in [0.25, 0.3) is 0 Å². The molecule has 1 saturated heterocycles. The third-order valence-electron chi connectivity index (χ3n) is 4.17. The van der Waals surface area contributed by atoms with Gasteiger partial charge in [-0.2, -0.15) is 4.31 Å². The van der Waals surface area contributed by atoms with Crippen LogP contribution in [0.3, 0.4) is 0 Å². The van der Waals surface area contributed by atoms with Crippen LogP contribution in [0.15, 0.2) is 47.4 Å². The second-order valence-corrected chi connectivity index (χ2v) is 8.85. The Labute approximate surface area is 153 Å². The predicted molar refractivity (Wildman–Crippen MR) is 99.8 cm³/mol. The first-order valence-electron chi connectivity index (χ1n) is 7.89. The van der Waals surface area contributed by atoms with E-state index in [1.54, 1.807) is 42.4 Å². The highest BCUT2D eigenvalue weighted by atomic mass is 32.2. The van der Waals surface area contributed by atoms with E-state index in [0.29, 0.717) is 22.9 Å². The van der Waals surface area contributed by atoms with E-state index in [0.717, 1.165) is 16.9 Å². The number of aryl methyl sites for hydroxylation is 1. The number of rotatable bonds is 5. The summed E-state index contributed by atoms with van der Waals surface area (Å²) >= 11 is 1.61. The molecule has 5 nitrogen and oxygen atoms in total. The maximum Gasteiger partial charge on any atom is 0.244 e. The molecule has 0 N–H and O–H groups in total. The Bertz CT molecular complexity index is 850. The van der Waals surface area contributed by atoms with Gasteiger partial charge in [0.2, 0.25) is 10.0 Å². The van der Waals surface area contributed by atoms with Gasteiger partial charge in [0, 0.05) is 12.3 Å². The fourth-order valence-corrected chi connectivity index (χ4v) is 6.05. The second-order valence-electron chi connectivity index (χ2n) is 5.77. The van der Waals surface area contributed by atoms with Crippen molar-refractivity contribution in [1.29, 1.82) is 0 Å². The minimum atomic E-state index is -3.55. The van der Waals surface area contributed by atoms with E-state index in [1.807, 2.05) is 37.3 Å². The molecule has 1 aliphatic heterocycles. The van der Waals surface area contributed by atoms with Gasteiger partial charge in [-0.15, -0.1) is 11.8 Å². The van der Waals surface area contributed by atoms with Crippen molar-refractivity contribution in [1.82, 2.24) is 4.31 Å². The zero-order chi connectivity index (χ0) is 18.0. The molecule has 2 aromatic rings. The summed E-state index contributed by atoms with van der Waals surface area (Å²) in [4.78, 5) is 0.325. The van der Waals surface area contributed by atoms with Gasteiger partial charge in [-0.25, -0.2) is 8.42 Å². The van der Waals surface area contributed by atoms with Crippen molar-refractivity contribution in [3.05, 3.63) is 53.6 Å². The Balaban J connectivity index is 1.96. The van der Waals surface area contributed by atoms with E-state index in [-0.39, 0.29) is 5.37 Å². The van der Waals surface area contributed by atoms with Crippen LogP contribution in [-0.4, -0.2) is 39.2 Å². The first-order chi connectivity index (χ1) is 12.0. The topological polar surface area (TPSA) is 55.8 Å². The number of nitrogens with zero attached hydrogens (tertiary/aromatic N) is 1. The molecule has 0 saturated carbocycles. The molecule has 134 valence electrons. The van der Waals surface area contributed by atoms with Crippen LogP contribution in [0.2, 0.25) is 0 Å². The molecule has 1 heterocycles. The zero-order valence-corrected chi connectivity index (χ0v) is 16.1. The molecule has 1 atom stereocenters.